The first-order chi connectivity index (χ1) is 6.22. The first kappa shape index (κ1) is 13.8. The van der Waals surface area contributed by atoms with Gasteiger partial charge >= 0.3 is 0 Å². The molecular weight excluding hydrogens is 197 g/mol. The van der Waals surface area contributed by atoms with Crippen LogP contribution in [0.4, 0.5) is 0 Å². The molecule has 0 rings (SSSR count). The van der Waals surface area contributed by atoms with Gasteiger partial charge in [-0.25, -0.2) is 14.0 Å². The highest BCUT2D eigenvalue weighted by atomic mass is 31.2. The topological polar surface area (TPSA) is 26.8 Å². The molecule has 0 aliphatic heterocycles. The molecule has 0 aromatic heterocycles. The third kappa shape index (κ3) is 2.92. The summed E-state index contributed by atoms with van der Waals surface area (Å²) in [7, 11) is 6.60. The summed E-state index contributed by atoms with van der Waals surface area (Å²) in [5, 5.41) is 0. The molecule has 0 N–H and O–H groups in total. The lowest BCUT2D eigenvalue weighted by molar-refractivity contribution is 0.369. The van der Waals surface area contributed by atoms with Gasteiger partial charge in [-0.05, 0) is 42.2 Å². The predicted octanol–water partition coefficient (Wildman–Crippen LogP) is 1.73. The maximum Gasteiger partial charge on any atom is 0.285 e. The Labute approximate surface area is 87.7 Å². The van der Waals surface area contributed by atoms with E-state index in [1.807, 2.05) is 46.8 Å². The largest absolute Gasteiger partial charge is 0.285 e. The number of rotatable bonds is 5. The van der Waals surface area contributed by atoms with Crippen LogP contribution in [-0.2, 0) is 4.57 Å². The summed E-state index contributed by atoms with van der Waals surface area (Å²) in [5.74, 6) is 0. The van der Waals surface area contributed by atoms with Gasteiger partial charge in [0.25, 0.3) is 7.59 Å². The van der Waals surface area contributed by atoms with E-state index in [0.29, 0.717) is 6.54 Å². The summed E-state index contributed by atoms with van der Waals surface area (Å²) in [4.78, 5) is 0. The van der Waals surface area contributed by atoms with Crippen molar-refractivity contribution in [1.82, 2.24) is 14.0 Å². The van der Waals surface area contributed by atoms with E-state index >= 15 is 0 Å². The first-order valence-corrected chi connectivity index (χ1v) is 6.11. The average molecular weight is 219 g/mol. The van der Waals surface area contributed by atoms with Gasteiger partial charge in [0, 0.05) is 6.54 Å². The van der Waals surface area contributed by atoms with Crippen LogP contribution in [-0.4, -0.2) is 55.8 Å². The van der Waals surface area contributed by atoms with Crippen LogP contribution in [0.3, 0.4) is 0 Å². The minimum absolute atomic E-state index is 0.646. The number of hydrogen-bond acceptors (Lipinski definition) is 1. The Morgan fingerprint density at radius 1 is 1.14 bits per heavy atom. The standard InChI is InChI=1S/C9H22N3OP/c1-9(2)8-12(7)14(13,10(3)4)11(5)6/h1,8H2,2-7H3. The van der Waals surface area contributed by atoms with Crippen molar-refractivity contribution in [3.05, 3.63) is 12.2 Å². The molecule has 0 unspecified atom stereocenters. The average Bonchev–Trinajstić information content (AvgIpc) is 2.00. The Morgan fingerprint density at radius 2 is 1.50 bits per heavy atom. The molecule has 0 saturated carbocycles. The smallest absolute Gasteiger partial charge is 0.270 e. The fourth-order valence-electron chi connectivity index (χ4n) is 1.45. The summed E-state index contributed by atoms with van der Waals surface area (Å²) >= 11 is 0. The van der Waals surface area contributed by atoms with Gasteiger partial charge < -0.3 is 0 Å². The van der Waals surface area contributed by atoms with Gasteiger partial charge in [0.1, 0.15) is 0 Å². The quantitative estimate of drug-likeness (QED) is 0.519. The van der Waals surface area contributed by atoms with Crippen LogP contribution in [0, 0.1) is 0 Å². The molecule has 0 fully saturated rings. The molecule has 0 saturated heterocycles. The molecule has 0 bridgehead atoms. The molecule has 0 aliphatic rings. The summed E-state index contributed by atoms with van der Waals surface area (Å²) in [6.45, 7) is 6.41. The second kappa shape index (κ2) is 5.08. The highest BCUT2D eigenvalue weighted by molar-refractivity contribution is 7.56. The van der Waals surface area contributed by atoms with Gasteiger partial charge in [-0.3, -0.25) is 4.57 Å². The van der Waals surface area contributed by atoms with Crippen molar-refractivity contribution in [2.24, 2.45) is 0 Å². The van der Waals surface area contributed by atoms with Crippen LogP contribution in [0.2, 0.25) is 0 Å². The van der Waals surface area contributed by atoms with E-state index in [9.17, 15) is 4.57 Å². The minimum Gasteiger partial charge on any atom is -0.270 e. The highest BCUT2D eigenvalue weighted by Gasteiger charge is 2.32. The van der Waals surface area contributed by atoms with E-state index in [1.165, 1.54) is 0 Å². The van der Waals surface area contributed by atoms with Crippen molar-refractivity contribution in [2.75, 3.05) is 41.8 Å². The fraction of sp³-hybridized carbons (Fsp3) is 0.778. The summed E-state index contributed by atoms with van der Waals surface area (Å²) < 4.78 is 17.9. The van der Waals surface area contributed by atoms with Crippen LogP contribution >= 0.6 is 7.59 Å². The molecule has 0 heterocycles. The molecule has 0 aromatic carbocycles. The van der Waals surface area contributed by atoms with Crippen molar-refractivity contribution >= 4 is 7.59 Å². The van der Waals surface area contributed by atoms with Crippen molar-refractivity contribution in [3.8, 4) is 0 Å². The van der Waals surface area contributed by atoms with E-state index in [1.54, 1.807) is 9.34 Å². The third-order valence-electron chi connectivity index (χ3n) is 1.99. The van der Waals surface area contributed by atoms with Crippen LogP contribution in [0.5, 0.6) is 0 Å². The lowest BCUT2D eigenvalue weighted by atomic mass is 10.4. The maximum absolute atomic E-state index is 12.6. The SMILES string of the molecule is C=C(C)CN(C)P(=O)(N(C)C)N(C)C. The molecule has 5 heteroatoms. The number of likely N-dealkylation sites (N-methyl/N-ethyl adjacent to an activating group) is 1. The molecule has 84 valence electrons. The minimum atomic E-state index is -2.57. The van der Waals surface area contributed by atoms with E-state index in [4.69, 9.17) is 0 Å². The Hall–Kier alpha value is -0.150. The normalized spacial score (nSPS) is 12.9. The Morgan fingerprint density at radius 3 is 1.71 bits per heavy atom. The van der Waals surface area contributed by atoms with Crippen molar-refractivity contribution in [2.45, 2.75) is 6.92 Å². The lowest BCUT2D eigenvalue weighted by Crippen LogP contribution is -2.33. The molecule has 0 amide bonds. The predicted molar refractivity (Wildman–Crippen MR) is 62.4 cm³/mol. The second-order valence-electron chi connectivity index (χ2n) is 3.98. The third-order valence-corrected chi connectivity index (χ3v) is 5.10. The van der Waals surface area contributed by atoms with Gasteiger partial charge in [-0.15, -0.1) is 0 Å². The second-order valence-corrected chi connectivity index (χ2v) is 7.29. The molecule has 0 atom stereocenters. The summed E-state index contributed by atoms with van der Waals surface area (Å²) in [6, 6.07) is 0. The zero-order valence-corrected chi connectivity index (χ0v) is 11.0. The van der Waals surface area contributed by atoms with Gasteiger partial charge in [0.2, 0.25) is 0 Å². The van der Waals surface area contributed by atoms with Gasteiger partial charge in [0.05, 0.1) is 0 Å². The van der Waals surface area contributed by atoms with Gasteiger partial charge in [0.15, 0.2) is 0 Å². The number of nitrogens with zero attached hydrogens (tertiary/aromatic N) is 3. The zero-order chi connectivity index (χ0) is 11.5. The Balaban J connectivity index is 4.84. The van der Waals surface area contributed by atoms with E-state index in [0.717, 1.165) is 5.57 Å². The monoisotopic (exact) mass is 219 g/mol. The lowest BCUT2D eigenvalue weighted by Gasteiger charge is -2.37. The zero-order valence-electron chi connectivity index (χ0n) is 10.1. The van der Waals surface area contributed by atoms with Crippen LogP contribution < -0.4 is 0 Å². The maximum atomic E-state index is 12.6. The van der Waals surface area contributed by atoms with Gasteiger partial charge in [-0.1, -0.05) is 12.2 Å². The van der Waals surface area contributed by atoms with Crippen molar-refractivity contribution in [3.63, 3.8) is 0 Å². The summed E-state index contributed by atoms with van der Waals surface area (Å²) in [6.07, 6.45) is 0. The van der Waals surface area contributed by atoms with E-state index in [2.05, 4.69) is 6.58 Å². The van der Waals surface area contributed by atoms with E-state index < -0.39 is 7.59 Å². The van der Waals surface area contributed by atoms with Crippen LogP contribution in [0.1, 0.15) is 6.92 Å². The van der Waals surface area contributed by atoms with Crippen LogP contribution in [0.15, 0.2) is 12.2 Å². The van der Waals surface area contributed by atoms with Crippen molar-refractivity contribution < 1.29 is 4.57 Å². The molecular formula is C9H22N3OP. The fourth-order valence-corrected chi connectivity index (χ4v) is 3.81. The molecule has 0 radical (unpaired) electrons. The molecule has 4 nitrogen and oxygen atoms in total. The molecule has 0 aromatic rings. The van der Waals surface area contributed by atoms with Gasteiger partial charge in [-0.2, -0.15) is 0 Å². The van der Waals surface area contributed by atoms with E-state index in [-0.39, 0.29) is 0 Å². The molecule has 0 spiro atoms. The Kier molecular flexibility index (Phi) is 5.02. The summed E-state index contributed by atoms with van der Waals surface area (Å²) in [5.41, 5.74) is 1.01. The highest BCUT2D eigenvalue weighted by Crippen LogP contribution is 2.51. The first-order valence-electron chi connectivity index (χ1n) is 4.54. The van der Waals surface area contributed by atoms with Crippen molar-refractivity contribution in [1.29, 1.82) is 0 Å². The Bertz CT molecular complexity index is 238. The number of hydrogen-bond donors (Lipinski definition) is 0. The molecule has 0 aliphatic carbocycles. The molecule has 14 heavy (non-hydrogen) atoms. The van der Waals surface area contributed by atoms with Crippen LogP contribution in [0.25, 0.3) is 0 Å².